The maximum Gasteiger partial charge on any atom is 0.330 e. The third-order valence-electron chi connectivity index (χ3n) is 3.78. The number of carbonyl (C=O) groups is 2. The first-order chi connectivity index (χ1) is 11.4. The predicted octanol–water partition coefficient (Wildman–Crippen LogP) is 1.62. The predicted molar refractivity (Wildman–Crippen MR) is 92.1 cm³/mol. The summed E-state index contributed by atoms with van der Waals surface area (Å²) >= 11 is 0. The maximum absolute atomic E-state index is 12.0. The first-order valence-electron chi connectivity index (χ1n) is 8.18. The molecule has 2 atom stereocenters. The van der Waals surface area contributed by atoms with Gasteiger partial charge in [0.1, 0.15) is 0 Å². The SMILES string of the molecule is COC(=O)[C@H](COCc1ccccc1)NC(=O)CC[C@H](N)C(C)C. The topological polar surface area (TPSA) is 90.6 Å². The molecule has 0 aliphatic heterocycles. The van der Waals surface area contributed by atoms with Gasteiger partial charge in [-0.05, 0) is 17.9 Å². The van der Waals surface area contributed by atoms with Gasteiger partial charge in [-0.1, -0.05) is 44.2 Å². The van der Waals surface area contributed by atoms with Crippen LogP contribution in [0.4, 0.5) is 0 Å². The molecule has 0 saturated heterocycles. The lowest BCUT2D eigenvalue weighted by Crippen LogP contribution is -2.45. The Morgan fingerprint density at radius 1 is 1.21 bits per heavy atom. The van der Waals surface area contributed by atoms with Gasteiger partial charge in [0.25, 0.3) is 0 Å². The van der Waals surface area contributed by atoms with Crippen molar-refractivity contribution in [2.75, 3.05) is 13.7 Å². The van der Waals surface area contributed by atoms with Crippen molar-refractivity contribution >= 4 is 11.9 Å². The monoisotopic (exact) mass is 336 g/mol. The number of hydrogen-bond acceptors (Lipinski definition) is 5. The first-order valence-corrected chi connectivity index (χ1v) is 8.18. The van der Waals surface area contributed by atoms with Crippen LogP contribution in [0.15, 0.2) is 30.3 Å². The molecule has 6 heteroatoms. The van der Waals surface area contributed by atoms with Gasteiger partial charge in [-0.25, -0.2) is 4.79 Å². The van der Waals surface area contributed by atoms with Crippen LogP contribution < -0.4 is 11.1 Å². The molecule has 3 N–H and O–H groups in total. The van der Waals surface area contributed by atoms with E-state index in [1.807, 2.05) is 44.2 Å². The lowest BCUT2D eigenvalue weighted by Gasteiger charge is -2.18. The minimum absolute atomic E-state index is 0.0401. The first kappa shape index (κ1) is 20.1. The Bertz CT molecular complexity index is 505. The van der Waals surface area contributed by atoms with Crippen LogP contribution in [0.1, 0.15) is 32.3 Å². The van der Waals surface area contributed by atoms with E-state index in [9.17, 15) is 9.59 Å². The molecule has 0 spiro atoms. The average Bonchev–Trinajstić information content (AvgIpc) is 2.58. The van der Waals surface area contributed by atoms with Gasteiger partial charge in [-0.3, -0.25) is 4.79 Å². The fourth-order valence-corrected chi connectivity index (χ4v) is 2.08. The summed E-state index contributed by atoms with van der Waals surface area (Å²) in [6.45, 7) is 4.44. The summed E-state index contributed by atoms with van der Waals surface area (Å²) in [6.07, 6.45) is 0.841. The molecule has 0 saturated carbocycles. The van der Waals surface area contributed by atoms with E-state index in [0.29, 0.717) is 18.9 Å². The van der Waals surface area contributed by atoms with Crippen LogP contribution in [-0.4, -0.2) is 37.7 Å². The molecule has 1 aromatic carbocycles. The number of rotatable bonds is 10. The molecule has 0 aliphatic carbocycles. The van der Waals surface area contributed by atoms with Crippen molar-refractivity contribution in [2.24, 2.45) is 11.7 Å². The Labute approximate surface area is 143 Å². The van der Waals surface area contributed by atoms with E-state index in [-0.39, 0.29) is 25.0 Å². The van der Waals surface area contributed by atoms with Gasteiger partial charge in [-0.2, -0.15) is 0 Å². The van der Waals surface area contributed by atoms with Crippen LogP contribution in [-0.2, 0) is 25.7 Å². The van der Waals surface area contributed by atoms with E-state index in [4.69, 9.17) is 15.2 Å². The van der Waals surface area contributed by atoms with Crippen molar-refractivity contribution in [1.29, 1.82) is 0 Å². The Kier molecular flexibility index (Phi) is 9.04. The molecule has 24 heavy (non-hydrogen) atoms. The van der Waals surface area contributed by atoms with E-state index in [0.717, 1.165) is 5.56 Å². The molecule has 0 heterocycles. The van der Waals surface area contributed by atoms with Gasteiger partial charge in [-0.15, -0.1) is 0 Å². The van der Waals surface area contributed by atoms with Gasteiger partial charge < -0.3 is 20.5 Å². The largest absolute Gasteiger partial charge is 0.467 e. The van der Waals surface area contributed by atoms with Crippen molar-refractivity contribution in [3.63, 3.8) is 0 Å². The summed E-state index contributed by atoms with van der Waals surface area (Å²) in [5.41, 5.74) is 6.93. The van der Waals surface area contributed by atoms with Gasteiger partial charge in [0.05, 0.1) is 20.3 Å². The molecule has 1 aromatic rings. The second-order valence-corrected chi connectivity index (χ2v) is 6.09. The summed E-state index contributed by atoms with van der Waals surface area (Å²) in [4.78, 5) is 23.8. The van der Waals surface area contributed by atoms with Gasteiger partial charge >= 0.3 is 5.97 Å². The van der Waals surface area contributed by atoms with Crippen LogP contribution in [0.5, 0.6) is 0 Å². The lowest BCUT2D eigenvalue weighted by molar-refractivity contribution is -0.147. The van der Waals surface area contributed by atoms with Crippen molar-refractivity contribution in [1.82, 2.24) is 5.32 Å². The number of nitrogens with one attached hydrogen (secondary N) is 1. The number of nitrogens with two attached hydrogens (primary N) is 1. The molecule has 0 radical (unpaired) electrons. The van der Waals surface area contributed by atoms with Gasteiger partial charge in [0, 0.05) is 12.5 Å². The fourth-order valence-electron chi connectivity index (χ4n) is 2.08. The Morgan fingerprint density at radius 3 is 2.46 bits per heavy atom. The molecule has 1 amide bonds. The van der Waals surface area contributed by atoms with E-state index in [1.54, 1.807) is 0 Å². The molecular formula is C18H28N2O4. The van der Waals surface area contributed by atoms with Gasteiger partial charge in [0.2, 0.25) is 5.91 Å². The van der Waals surface area contributed by atoms with Crippen LogP contribution >= 0.6 is 0 Å². The number of methoxy groups -OCH3 is 1. The van der Waals surface area contributed by atoms with Crippen LogP contribution in [0.2, 0.25) is 0 Å². The number of carbonyl (C=O) groups excluding carboxylic acids is 2. The highest BCUT2D eigenvalue weighted by Crippen LogP contribution is 2.06. The minimum atomic E-state index is -0.818. The number of hydrogen-bond donors (Lipinski definition) is 2. The summed E-state index contributed by atoms with van der Waals surface area (Å²) in [6, 6.07) is 8.75. The van der Waals surface area contributed by atoms with E-state index in [1.165, 1.54) is 7.11 Å². The molecule has 134 valence electrons. The third-order valence-corrected chi connectivity index (χ3v) is 3.78. The zero-order valence-corrected chi connectivity index (χ0v) is 14.7. The number of esters is 1. The normalized spacial score (nSPS) is 13.4. The highest BCUT2D eigenvalue weighted by molar-refractivity contribution is 5.84. The van der Waals surface area contributed by atoms with E-state index < -0.39 is 12.0 Å². The zero-order valence-electron chi connectivity index (χ0n) is 14.7. The summed E-state index contributed by atoms with van der Waals surface area (Å²) in [5.74, 6) is -0.446. The zero-order chi connectivity index (χ0) is 17.9. The van der Waals surface area contributed by atoms with Crippen LogP contribution in [0.25, 0.3) is 0 Å². The molecule has 0 fully saturated rings. The quantitative estimate of drug-likeness (QED) is 0.634. The summed E-state index contributed by atoms with van der Waals surface area (Å²) in [5, 5.41) is 2.65. The summed E-state index contributed by atoms with van der Waals surface area (Å²) < 4.78 is 10.3. The van der Waals surface area contributed by atoms with E-state index in [2.05, 4.69) is 5.32 Å². The molecule has 0 aliphatic rings. The van der Waals surface area contributed by atoms with E-state index >= 15 is 0 Å². The lowest BCUT2D eigenvalue weighted by atomic mass is 10.0. The fraction of sp³-hybridized carbons (Fsp3) is 0.556. The van der Waals surface area contributed by atoms with Crippen molar-refractivity contribution < 1.29 is 19.1 Å². The highest BCUT2D eigenvalue weighted by atomic mass is 16.5. The van der Waals surface area contributed by atoms with Crippen molar-refractivity contribution in [3.8, 4) is 0 Å². The molecular weight excluding hydrogens is 308 g/mol. The number of ether oxygens (including phenoxy) is 2. The molecule has 6 nitrogen and oxygen atoms in total. The number of benzene rings is 1. The third kappa shape index (κ3) is 7.57. The average molecular weight is 336 g/mol. The maximum atomic E-state index is 12.0. The molecule has 0 unspecified atom stereocenters. The Balaban J connectivity index is 2.44. The van der Waals surface area contributed by atoms with Crippen LogP contribution in [0, 0.1) is 5.92 Å². The highest BCUT2D eigenvalue weighted by Gasteiger charge is 2.22. The smallest absolute Gasteiger partial charge is 0.330 e. The standard InChI is InChI=1S/C18H28N2O4/c1-13(2)15(19)9-10-17(21)20-16(18(22)23-3)12-24-11-14-7-5-4-6-8-14/h4-8,13,15-16H,9-12,19H2,1-3H3,(H,20,21)/t15-,16-/m0/s1. The van der Waals surface area contributed by atoms with Crippen molar-refractivity contribution in [3.05, 3.63) is 35.9 Å². The van der Waals surface area contributed by atoms with Crippen molar-refractivity contribution in [2.45, 2.75) is 45.4 Å². The molecule has 1 rings (SSSR count). The second-order valence-electron chi connectivity index (χ2n) is 6.09. The van der Waals surface area contributed by atoms with Gasteiger partial charge in [0.15, 0.2) is 6.04 Å². The number of amides is 1. The second kappa shape index (κ2) is 10.8. The van der Waals surface area contributed by atoms with Crippen LogP contribution in [0.3, 0.4) is 0 Å². The molecule has 0 aromatic heterocycles. The molecule has 0 bridgehead atoms. The Hall–Kier alpha value is -1.92. The Morgan fingerprint density at radius 2 is 1.88 bits per heavy atom. The summed E-state index contributed by atoms with van der Waals surface area (Å²) in [7, 11) is 1.29. The minimum Gasteiger partial charge on any atom is -0.467 e.